The summed E-state index contributed by atoms with van der Waals surface area (Å²) in [6.07, 6.45) is 0. The van der Waals surface area contributed by atoms with Gasteiger partial charge in [-0.15, -0.1) is 0 Å². The topological polar surface area (TPSA) is 91.7 Å². The molecule has 2 aromatic rings. The van der Waals surface area contributed by atoms with Gasteiger partial charge in [0.1, 0.15) is 5.82 Å². The average molecular weight is 422 g/mol. The zero-order chi connectivity index (χ0) is 21.4. The maximum atomic E-state index is 13.1. The number of carbonyl (C=O) groups excluding carboxylic acids is 3. The van der Waals surface area contributed by atoms with Gasteiger partial charge in [0.15, 0.2) is 13.1 Å². The number of carbonyl (C=O) groups is 3. The van der Waals surface area contributed by atoms with E-state index in [9.17, 15) is 18.8 Å². The van der Waals surface area contributed by atoms with E-state index in [4.69, 9.17) is 11.6 Å². The molecule has 0 aliphatic carbocycles. The van der Waals surface area contributed by atoms with Crippen molar-refractivity contribution in [2.75, 3.05) is 35.6 Å². The Bertz CT molecular complexity index is 890. The van der Waals surface area contributed by atoms with Gasteiger partial charge in [-0.1, -0.05) is 11.6 Å². The number of halogens is 2. The second-order valence-electron chi connectivity index (χ2n) is 6.44. The van der Waals surface area contributed by atoms with Crippen LogP contribution in [0.4, 0.5) is 21.5 Å². The molecule has 4 N–H and O–H groups in total. The molecule has 29 heavy (non-hydrogen) atoms. The molecular weight excluding hydrogens is 399 g/mol. The maximum Gasteiger partial charge on any atom is 0.279 e. The van der Waals surface area contributed by atoms with Gasteiger partial charge in [-0.2, -0.15) is 0 Å². The van der Waals surface area contributed by atoms with Crippen LogP contribution in [0.3, 0.4) is 0 Å². The molecule has 0 saturated heterocycles. The van der Waals surface area contributed by atoms with Crippen molar-refractivity contribution in [2.45, 2.75) is 13.8 Å². The van der Waals surface area contributed by atoms with Crippen molar-refractivity contribution < 1.29 is 23.7 Å². The molecule has 154 valence electrons. The molecule has 7 nitrogen and oxygen atoms in total. The zero-order valence-electron chi connectivity index (χ0n) is 16.1. The third-order valence-electron chi connectivity index (χ3n) is 4.02. The van der Waals surface area contributed by atoms with E-state index in [0.29, 0.717) is 23.6 Å². The van der Waals surface area contributed by atoms with Crippen LogP contribution in [0.2, 0.25) is 5.02 Å². The summed E-state index contributed by atoms with van der Waals surface area (Å²) in [5.74, 6) is -1.25. The van der Waals surface area contributed by atoms with Gasteiger partial charge in [0.2, 0.25) is 5.91 Å². The highest BCUT2D eigenvalue weighted by molar-refractivity contribution is 6.33. The van der Waals surface area contributed by atoms with Crippen molar-refractivity contribution in [3.05, 3.63) is 53.3 Å². The largest absolute Gasteiger partial charge is 0.326 e. The molecule has 2 rings (SSSR count). The van der Waals surface area contributed by atoms with E-state index in [0.717, 1.165) is 11.0 Å². The number of benzene rings is 2. The Kier molecular flexibility index (Phi) is 8.11. The van der Waals surface area contributed by atoms with Gasteiger partial charge < -0.3 is 20.9 Å². The average Bonchev–Trinajstić information content (AvgIpc) is 2.64. The molecule has 0 spiro atoms. The fourth-order valence-corrected chi connectivity index (χ4v) is 2.81. The number of nitrogens with one attached hydrogen (secondary N) is 4. The number of quaternary nitrogens is 1. The van der Waals surface area contributed by atoms with Crippen molar-refractivity contribution in [3.63, 3.8) is 0 Å². The predicted molar refractivity (Wildman–Crippen MR) is 111 cm³/mol. The summed E-state index contributed by atoms with van der Waals surface area (Å²) in [5.41, 5.74) is 1.53. The number of hydrogen-bond acceptors (Lipinski definition) is 3. The Morgan fingerprint density at radius 3 is 2.00 bits per heavy atom. The molecule has 9 heteroatoms. The minimum absolute atomic E-state index is 0.0547. The molecule has 0 aliphatic rings. The maximum absolute atomic E-state index is 13.1. The predicted octanol–water partition coefficient (Wildman–Crippen LogP) is 1.92. The molecule has 0 saturated carbocycles. The van der Waals surface area contributed by atoms with Crippen LogP contribution in [0.5, 0.6) is 0 Å². The lowest BCUT2D eigenvalue weighted by atomic mass is 10.2. The van der Waals surface area contributed by atoms with Crippen molar-refractivity contribution in [1.29, 1.82) is 0 Å². The summed E-state index contributed by atoms with van der Waals surface area (Å²) < 4.78 is 13.1. The first kappa shape index (κ1) is 22.3. The molecule has 2 aromatic carbocycles. The Hall–Kier alpha value is -2.97. The van der Waals surface area contributed by atoms with E-state index in [2.05, 4.69) is 16.0 Å². The molecule has 0 radical (unpaired) electrons. The molecule has 1 unspecified atom stereocenters. The molecule has 0 bridgehead atoms. The first-order chi connectivity index (χ1) is 13.8. The van der Waals surface area contributed by atoms with E-state index >= 15 is 0 Å². The highest BCUT2D eigenvalue weighted by atomic mass is 35.5. The van der Waals surface area contributed by atoms with Gasteiger partial charge in [-0.25, -0.2) is 4.39 Å². The summed E-state index contributed by atoms with van der Waals surface area (Å²) in [6.45, 7) is 3.98. The number of anilines is 3. The Labute approximate surface area is 173 Å². The standard InChI is InChI=1S/C20H22ClFN4O3/c1-3-26(12-20(29)25-18-9-4-14(22)10-17(18)21)11-19(28)24-16-7-5-15(6-8-16)23-13(2)27/h4-10H,3,11-12H2,1-2H3,(H,23,27)(H,24,28)(H,25,29)/p+1. The lowest BCUT2D eigenvalue weighted by molar-refractivity contribution is -0.881. The van der Waals surface area contributed by atoms with Crippen LogP contribution in [0, 0.1) is 5.82 Å². The van der Waals surface area contributed by atoms with Gasteiger partial charge >= 0.3 is 0 Å². The number of hydrogen-bond donors (Lipinski definition) is 4. The van der Waals surface area contributed by atoms with Gasteiger partial charge in [-0.05, 0) is 49.4 Å². The van der Waals surface area contributed by atoms with Gasteiger partial charge in [0.05, 0.1) is 17.3 Å². The molecule has 0 fully saturated rings. The molecular formula is C20H23ClFN4O3+. The smallest absolute Gasteiger partial charge is 0.279 e. The summed E-state index contributed by atoms with van der Waals surface area (Å²) >= 11 is 5.91. The lowest BCUT2D eigenvalue weighted by Gasteiger charge is -2.17. The lowest BCUT2D eigenvalue weighted by Crippen LogP contribution is -3.13. The highest BCUT2D eigenvalue weighted by Gasteiger charge is 2.17. The number of amides is 3. The van der Waals surface area contributed by atoms with Crippen LogP contribution < -0.4 is 20.9 Å². The van der Waals surface area contributed by atoms with Crippen molar-refractivity contribution >= 4 is 46.4 Å². The van der Waals surface area contributed by atoms with Crippen LogP contribution in [0.25, 0.3) is 0 Å². The van der Waals surface area contributed by atoms with E-state index in [1.807, 2.05) is 6.92 Å². The molecule has 0 aliphatic heterocycles. The minimum atomic E-state index is -0.490. The van der Waals surface area contributed by atoms with Crippen molar-refractivity contribution in [3.8, 4) is 0 Å². The van der Waals surface area contributed by atoms with Crippen LogP contribution in [-0.2, 0) is 14.4 Å². The quantitative estimate of drug-likeness (QED) is 0.524. The fourth-order valence-electron chi connectivity index (χ4n) is 2.60. The van der Waals surface area contributed by atoms with Crippen LogP contribution in [-0.4, -0.2) is 37.4 Å². The summed E-state index contributed by atoms with van der Waals surface area (Å²) in [5, 5.41) is 8.13. The normalized spacial score (nSPS) is 11.4. The van der Waals surface area contributed by atoms with Gasteiger partial charge in [0, 0.05) is 18.3 Å². The van der Waals surface area contributed by atoms with Crippen molar-refractivity contribution in [2.24, 2.45) is 0 Å². The summed E-state index contributed by atoms with van der Waals surface area (Å²) in [4.78, 5) is 36.3. The first-order valence-corrected chi connectivity index (χ1v) is 9.40. The third kappa shape index (κ3) is 7.52. The van der Waals surface area contributed by atoms with Gasteiger partial charge in [0.25, 0.3) is 11.8 Å². The molecule has 0 aromatic heterocycles. The zero-order valence-corrected chi connectivity index (χ0v) is 16.9. The second kappa shape index (κ2) is 10.5. The highest BCUT2D eigenvalue weighted by Crippen LogP contribution is 2.22. The SMILES string of the molecule is CC[NH+](CC(=O)Nc1ccc(NC(C)=O)cc1)CC(=O)Nc1ccc(F)cc1Cl. The Balaban J connectivity index is 1.87. The van der Waals surface area contributed by atoms with Crippen molar-refractivity contribution in [1.82, 2.24) is 0 Å². The Morgan fingerprint density at radius 2 is 1.48 bits per heavy atom. The Morgan fingerprint density at radius 1 is 0.931 bits per heavy atom. The molecule has 1 atom stereocenters. The van der Waals surface area contributed by atoms with Crippen LogP contribution in [0.1, 0.15) is 13.8 Å². The second-order valence-corrected chi connectivity index (χ2v) is 6.84. The van der Waals surface area contributed by atoms with E-state index in [-0.39, 0.29) is 35.8 Å². The van der Waals surface area contributed by atoms with E-state index < -0.39 is 5.82 Å². The molecule has 3 amide bonds. The van der Waals surface area contributed by atoms with Crippen LogP contribution >= 0.6 is 11.6 Å². The van der Waals surface area contributed by atoms with E-state index in [1.54, 1.807) is 24.3 Å². The van der Waals surface area contributed by atoms with E-state index in [1.165, 1.54) is 19.1 Å². The fraction of sp³-hybridized carbons (Fsp3) is 0.250. The minimum Gasteiger partial charge on any atom is -0.326 e. The third-order valence-corrected chi connectivity index (χ3v) is 4.33. The first-order valence-electron chi connectivity index (χ1n) is 9.02. The summed E-state index contributed by atoms with van der Waals surface area (Å²) in [7, 11) is 0. The number of rotatable bonds is 8. The van der Waals surface area contributed by atoms with Gasteiger partial charge in [-0.3, -0.25) is 14.4 Å². The monoisotopic (exact) mass is 421 g/mol. The molecule has 0 heterocycles. The van der Waals surface area contributed by atoms with Crippen LogP contribution in [0.15, 0.2) is 42.5 Å². The number of likely N-dealkylation sites (N-methyl/N-ethyl adjacent to an activating group) is 1. The summed E-state index contributed by atoms with van der Waals surface area (Å²) in [6, 6.07) is 10.4.